The van der Waals surface area contributed by atoms with Crippen LogP contribution in [-0.4, -0.2) is 107 Å². The summed E-state index contributed by atoms with van der Waals surface area (Å²) in [5.41, 5.74) is -0.539. The molecular weight excluding hydrogens is 765 g/mol. The molecule has 0 radical (unpaired) electrons. The molecule has 4 fully saturated rings. The normalized spacial score (nSPS) is 26.4. The highest BCUT2D eigenvalue weighted by Gasteiger charge is 2.61. The largest absolute Gasteiger partial charge is 0.491 e. The van der Waals surface area contributed by atoms with Gasteiger partial charge in [-0.15, -0.1) is 17.9 Å². The molecule has 3 amide bonds. The van der Waals surface area contributed by atoms with Gasteiger partial charge in [-0.2, -0.15) is 0 Å². The second-order valence-electron chi connectivity index (χ2n) is 17.4. The third-order valence-corrected chi connectivity index (χ3v) is 12.3. The van der Waals surface area contributed by atoms with Gasteiger partial charge in [-0.25, -0.2) is 19.6 Å². The first-order chi connectivity index (χ1) is 27.6. The predicted octanol–water partition coefficient (Wildman–Crippen LogP) is 5.64. The van der Waals surface area contributed by atoms with E-state index in [4.69, 9.17) is 28.9 Å². The lowest BCUT2D eigenvalue weighted by Gasteiger charge is -2.35. The average Bonchev–Trinajstić information content (AvgIpc) is 3.83. The minimum absolute atomic E-state index is 0.0201. The third-order valence-electron chi connectivity index (χ3n) is 11.5. The van der Waals surface area contributed by atoms with Gasteiger partial charge in [-0.05, 0) is 68.9 Å². The molecule has 312 valence electrons. The first-order valence-corrected chi connectivity index (χ1v) is 20.9. The summed E-state index contributed by atoms with van der Waals surface area (Å²) >= 11 is 1.46. The van der Waals surface area contributed by atoms with Gasteiger partial charge in [0.15, 0.2) is 5.13 Å². The second kappa shape index (κ2) is 16.4. The summed E-state index contributed by atoms with van der Waals surface area (Å²) in [7, 11) is 1.60. The summed E-state index contributed by atoms with van der Waals surface area (Å²) in [6.07, 6.45) is 2.98. The van der Waals surface area contributed by atoms with E-state index in [1.54, 1.807) is 13.2 Å². The van der Waals surface area contributed by atoms with Crippen molar-refractivity contribution in [2.24, 2.45) is 23.2 Å². The van der Waals surface area contributed by atoms with Crippen molar-refractivity contribution in [3.05, 3.63) is 42.3 Å². The lowest BCUT2D eigenvalue weighted by atomic mass is 9.85. The van der Waals surface area contributed by atoms with Crippen LogP contribution in [0.3, 0.4) is 0 Å². The fourth-order valence-corrected chi connectivity index (χ4v) is 9.04. The van der Waals surface area contributed by atoms with Crippen LogP contribution in [0.25, 0.3) is 22.3 Å². The van der Waals surface area contributed by atoms with Crippen LogP contribution < -0.4 is 25.4 Å². The minimum Gasteiger partial charge on any atom is -0.491 e. The second-order valence-corrected chi connectivity index (χ2v) is 18.2. The summed E-state index contributed by atoms with van der Waals surface area (Å²) in [6.45, 7) is 14.0. The highest BCUT2D eigenvalue weighted by atomic mass is 32.1. The maximum absolute atomic E-state index is 14.7. The quantitative estimate of drug-likeness (QED) is 0.103. The summed E-state index contributed by atoms with van der Waals surface area (Å²) in [4.78, 5) is 65.7. The van der Waals surface area contributed by atoms with Gasteiger partial charge in [-0.1, -0.05) is 26.8 Å². The molecule has 8 atom stereocenters. The fourth-order valence-electron chi connectivity index (χ4n) is 8.19. The molecule has 3 heterocycles. The number of hydrogen-bond acceptors (Lipinski definition) is 12. The predicted molar refractivity (Wildman–Crippen MR) is 218 cm³/mol. The van der Waals surface area contributed by atoms with E-state index >= 15 is 0 Å². The van der Waals surface area contributed by atoms with Crippen LogP contribution in [0, 0.1) is 23.2 Å². The van der Waals surface area contributed by atoms with E-state index in [2.05, 4.69) is 22.5 Å². The number of anilines is 1. The molecule has 15 nitrogen and oxygen atoms in total. The number of ether oxygens (including phenoxy) is 4. The number of likely N-dealkylation sites (tertiary alicyclic amines) is 1. The van der Waals surface area contributed by atoms with Gasteiger partial charge >= 0.3 is 12.1 Å². The summed E-state index contributed by atoms with van der Waals surface area (Å²) in [5.74, 6) is -0.521. The summed E-state index contributed by atoms with van der Waals surface area (Å²) < 4.78 is 23.6. The van der Waals surface area contributed by atoms with Crippen LogP contribution in [0.4, 0.5) is 9.93 Å². The van der Waals surface area contributed by atoms with E-state index in [-0.39, 0.29) is 31.5 Å². The molecule has 3 aromatic rings. The van der Waals surface area contributed by atoms with Crippen LogP contribution in [0.1, 0.15) is 66.7 Å². The first-order valence-electron chi connectivity index (χ1n) is 20.0. The molecule has 16 heteroatoms. The Morgan fingerprint density at radius 1 is 1.05 bits per heavy atom. The summed E-state index contributed by atoms with van der Waals surface area (Å²) in [5, 5.41) is 22.3. The van der Waals surface area contributed by atoms with Gasteiger partial charge in [0.2, 0.25) is 11.8 Å². The molecule has 4 N–H and O–H groups in total. The zero-order valence-electron chi connectivity index (χ0n) is 33.9. The summed E-state index contributed by atoms with van der Waals surface area (Å²) in [6, 6.07) is 5.26. The number of aromatic nitrogens is 2. The van der Waals surface area contributed by atoms with Crippen molar-refractivity contribution >= 4 is 51.2 Å². The van der Waals surface area contributed by atoms with Crippen molar-refractivity contribution in [2.45, 2.75) is 103 Å². The number of carbonyl (C=O) groups excluding carboxylic acids is 3. The number of pyridine rings is 1. The fraction of sp³-hybridized carbons (Fsp3) is 0.571. The van der Waals surface area contributed by atoms with Crippen LogP contribution in [0.2, 0.25) is 0 Å². The van der Waals surface area contributed by atoms with Gasteiger partial charge in [0.05, 0.1) is 24.4 Å². The molecule has 7 rings (SSSR count). The van der Waals surface area contributed by atoms with Gasteiger partial charge < -0.3 is 44.9 Å². The van der Waals surface area contributed by atoms with Crippen LogP contribution >= 0.6 is 11.3 Å². The van der Waals surface area contributed by atoms with Crippen molar-refractivity contribution in [3.63, 3.8) is 0 Å². The molecule has 1 aliphatic heterocycles. The van der Waals surface area contributed by atoms with E-state index in [1.807, 2.05) is 58.2 Å². The number of nitrogens with zero attached hydrogens (tertiary/aromatic N) is 3. The molecule has 2 aromatic heterocycles. The Morgan fingerprint density at radius 2 is 1.81 bits per heavy atom. The Kier molecular flexibility index (Phi) is 11.6. The number of carboxylic acids is 1. The lowest BCUT2D eigenvalue weighted by Crippen LogP contribution is -2.59. The lowest BCUT2D eigenvalue weighted by molar-refractivity contribution is -0.146. The smallest absolute Gasteiger partial charge is 0.408 e. The van der Waals surface area contributed by atoms with Crippen LogP contribution in [0.5, 0.6) is 11.5 Å². The number of thiazole rings is 1. The van der Waals surface area contributed by atoms with E-state index in [1.165, 1.54) is 28.7 Å². The molecule has 2 unspecified atom stereocenters. The Morgan fingerprint density at radius 3 is 2.47 bits per heavy atom. The number of fused-ring (bicyclic) bond motifs is 2. The molecule has 0 bridgehead atoms. The van der Waals surface area contributed by atoms with Crippen LogP contribution in [-0.2, 0) is 23.9 Å². The minimum atomic E-state index is -1.52. The monoisotopic (exact) mass is 818 g/mol. The van der Waals surface area contributed by atoms with E-state index in [9.17, 15) is 24.3 Å². The molecule has 58 heavy (non-hydrogen) atoms. The maximum atomic E-state index is 14.7. The first kappa shape index (κ1) is 41.2. The molecule has 1 saturated heterocycles. The Hall–Kier alpha value is -4.96. The van der Waals surface area contributed by atoms with Gasteiger partial charge in [0, 0.05) is 48.4 Å². The number of nitrogens with one attached hydrogen (secondary N) is 3. The van der Waals surface area contributed by atoms with Crippen LogP contribution in [0.15, 0.2) is 42.3 Å². The van der Waals surface area contributed by atoms with Gasteiger partial charge in [0.25, 0.3) is 0 Å². The standard InChI is InChI=1S/C42H54N6O9S/c1-8-25-19-42(25,38(51)52)47-36(49)33-17-28(20-48(33)37(50)35(41(4,5)6)46-40(53)57-27-14-23-13-24(23)15-27)56-34-18-31(32-21-58-39(45-32)43-22(2)3)44-30-16-26(9-10-29(30)34)55-12-11-54-7/h8-10,16,18,21-25,27-28,33,35H,1,11-15,17,19-20H2,2-7H3,(H,43,45)(H,46,53)(H,47,49)(H,51,52)/t23-,24+,25-,27?,28-,33?,35-,42-/m1/s1. The zero-order chi connectivity index (χ0) is 41.5. The average molecular weight is 819 g/mol. The molecule has 4 aliphatic rings. The van der Waals surface area contributed by atoms with E-state index in [0.717, 1.165) is 18.0 Å². The molecular formula is C42H54N6O9S. The molecule has 1 aromatic carbocycles. The highest BCUT2D eigenvalue weighted by Crippen LogP contribution is 2.52. The Labute approximate surface area is 342 Å². The van der Waals surface area contributed by atoms with Crippen molar-refractivity contribution < 1.29 is 43.2 Å². The highest BCUT2D eigenvalue weighted by molar-refractivity contribution is 7.14. The Balaban J connectivity index is 1.19. The van der Waals surface area contributed by atoms with Crippen molar-refractivity contribution in [3.8, 4) is 22.9 Å². The third kappa shape index (κ3) is 8.87. The van der Waals surface area contributed by atoms with Crippen molar-refractivity contribution in [1.82, 2.24) is 25.5 Å². The number of carbonyl (C=O) groups is 4. The SMILES string of the molecule is C=C[C@@H]1C[C@]1(NC(=O)C1C[C@@H](Oc2cc(-c3csc(NC(C)C)n3)nc3cc(OCCOC)ccc23)CN1C(=O)[C@@H](NC(=O)OC1C[C@@H]2C[C@@H]2C1)C(C)(C)C)C(=O)O. The van der Waals surface area contributed by atoms with E-state index < -0.39 is 58.9 Å². The number of amides is 3. The van der Waals surface area contributed by atoms with E-state index in [0.29, 0.717) is 58.8 Å². The molecule has 3 saturated carbocycles. The number of rotatable bonds is 16. The number of carboxylic acid groups (broad SMARTS) is 1. The number of hydrogen-bond donors (Lipinski definition) is 4. The molecule has 0 spiro atoms. The number of benzene rings is 1. The van der Waals surface area contributed by atoms with Gasteiger partial charge in [0.1, 0.15) is 53.6 Å². The topological polar surface area (TPSA) is 191 Å². The number of methoxy groups -OCH3 is 1. The molecule has 3 aliphatic carbocycles. The maximum Gasteiger partial charge on any atom is 0.408 e. The zero-order valence-corrected chi connectivity index (χ0v) is 34.7. The van der Waals surface area contributed by atoms with Crippen molar-refractivity contribution in [2.75, 3.05) is 32.2 Å². The van der Waals surface area contributed by atoms with Crippen molar-refractivity contribution in [1.29, 1.82) is 0 Å². The number of alkyl carbamates (subject to hydrolysis) is 1. The number of aliphatic carboxylic acids is 1. The van der Waals surface area contributed by atoms with Gasteiger partial charge in [-0.3, -0.25) is 9.59 Å². The Bertz CT molecular complexity index is 2060.